The Morgan fingerprint density at radius 2 is 1.71 bits per heavy atom. The molecule has 4 rings (SSSR count). The Morgan fingerprint density at radius 1 is 0.958 bits per heavy atom. The lowest BCUT2D eigenvalue weighted by Gasteiger charge is -2.26. The molecule has 1 fully saturated rings. The molecule has 1 N–H and O–H groups in total. The number of aromatic amines is 1. The predicted molar refractivity (Wildman–Crippen MR) is 97.7 cm³/mol. The largest absolute Gasteiger partial charge is 0.355 e. The van der Waals surface area contributed by atoms with Crippen molar-refractivity contribution >= 4 is 20.7 Å². The van der Waals surface area contributed by atoms with E-state index in [1.54, 1.807) is 0 Å². The smallest absolute Gasteiger partial charge is 0.152 e. The zero-order valence-corrected chi connectivity index (χ0v) is 14.2. The number of sulfone groups is 1. The summed E-state index contributed by atoms with van der Waals surface area (Å²) in [5.74, 6) is 0.551. The second-order valence-electron chi connectivity index (χ2n) is 6.40. The van der Waals surface area contributed by atoms with E-state index >= 15 is 0 Å². The Labute approximate surface area is 142 Å². The van der Waals surface area contributed by atoms with Gasteiger partial charge in [-0.15, -0.1) is 0 Å². The highest BCUT2D eigenvalue weighted by Crippen LogP contribution is 2.25. The minimum atomic E-state index is -2.82. The highest BCUT2D eigenvalue weighted by atomic mass is 32.2. The molecular weight excluding hydrogens is 320 g/mol. The van der Waals surface area contributed by atoms with Crippen molar-refractivity contribution in [2.75, 3.05) is 24.6 Å². The van der Waals surface area contributed by atoms with Gasteiger partial charge in [0.15, 0.2) is 9.84 Å². The van der Waals surface area contributed by atoms with E-state index in [1.165, 1.54) is 16.5 Å². The minimum absolute atomic E-state index is 0.275. The van der Waals surface area contributed by atoms with E-state index < -0.39 is 9.84 Å². The van der Waals surface area contributed by atoms with E-state index in [0.717, 1.165) is 17.8 Å². The van der Waals surface area contributed by atoms with Crippen LogP contribution in [0.5, 0.6) is 0 Å². The van der Waals surface area contributed by atoms with Crippen LogP contribution in [-0.2, 0) is 16.4 Å². The lowest BCUT2D eigenvalue weighted by Crippen LogP contribution is -2.39. The van der Waals surface area contributed by atoms with Gasteiger partial charge in [-0.25, -0.2) is 8.42 Å². The van der Waals surface area contributed by atoms with Crippen LogP contribution in [0.3, 0.4) is 0 Å². The average molecular weight is 340 g/mol. The Bertz CT molecular complexity index is 947. The van der Waals surface area contributed by atoms with E-state index in [4.69, 9.17) is 0 Å². The monoisotopic (exact) mass is 340 g/mol. The SMILES string of the molecule is O=S1(=O)CCN(Cc2ccc3[nH]c(-c4ccccc4)cc3c2)CC1. The third-order valence-corrected chi connectivity index (χ3v) is 6.22. The summed E-state index contributed by atoms with van der Waals surface area (Å²) in [6, 6.07) is 18.9. The Hall–Kier alpha value is -2.11. The normalized spacial score (nSPS) is 18.0. The van der Waals surface area contributed by atoms with Gasteiger partial charge in [0.25, 0.3) is 0 Å². The summed E-state index contributed by atoms with van der Waals surface area (Å²) in [6.07, 6.45) is 0. The molecule has 0 bridgehead atoms. The molecule has 124 valence electrons. The van der Waals surface area contributed by atoms with Crippen molar-refractivity contribution in [2.45, 2.75) is 6.54 Å². The van der Waals surface area contributed by atoms with Gasteiger partial charge in [0.1, 0.15) is 0 Å². The van der Waals surface area contributed by atoms with Crippen LogP contribution in [0.2, 0.25) is 0 Å². The van der Waals surface area contributed by atoms with Gasteiger partial charge in [0.05, 0.1) is 11.5 Å². The van der Waals surface area contributed by atoms with Gasteiger partial charge in [0, 0.05) is 36.2 Å². The first-order chi connectivity index (χ1) is 11.6. The molecule has 3 aromatic rings. The van der Waals surface area contributed by atoms with Gasteiger partial charge >= 0.3 is 0 Å². The van der Waals surface area contributed by atoms with Gasteiger partial charge in [-0.1, -0.05) is 36.4 Å². The molecule has 1 aromatic heterocycles. The Kier molecular flexibility index (Phi) is 3.90. The molecule has 4 nitrogen and oxygen atoms in total. The van der Waals surface area contributed by atoms with Gasteiger partial charge in [-0.3, -0.25) is 4.90 Å². The molecule has 0 aliphatic carbocycles. The summed E-state index contributed by atoms with van der Waals surface area (Å²) in [4.78, 5) is 5.68. The predicted octanol–water partition coefficient (Wildman–Crippen LogP) is 3.07. The molecule has 24 heavy (non-hydrogen) atoms. The number of benzene rings is 2. The second-order valence-corrected chi connectivity index (χ2v) is 8.70. The first kappa shape index (κ1) is 15.4. The van der Waals surface area contributed by atoms with Crippen molar-refractivity contribution in [1.29, 1.82) is 0 Å². The number of H-pyrrole nitrogens is 1. The van der Waals surface area contributed by atoms with Gasteiger partial charge in [-0.05, 0) is 29.3 Å². The standard InChI is InChI=1S/C19H20N2O2S/c22-24(23)10-8-21(9-11-24)14-15-6-7-18-17(12-15)13-19(20-18)16-4-2-1-3-5-16/h1-7,12-13,20H,8-11,14H2. The number of nitrogens with one attached hydrogen (secondary N) is 1. The van der Waals surface area contributed by atoms with Crippen LogP contribution < -0.4 is 0 Å². The van der Waals surface area contributed by atoms with Crippen LogP contribution in [0.4, 0.5) is 0 Å². The second kappa shape index (κ2) is 6.07. The number of aromatic nitrogens is 1. The molecule has 2 heterocycles. The van der Waals surface area contributed by atoms with Crippen molar-refractivity contribution in [2.24, 2.45) is 0 Å². The van der Waals surface area contributed by atoms with Gasteiger partial charge in [-0.2, -0.15) is 0 Å². The number of hydrogen-bond acceptors (Lipinski definition) is 3. The zero-order chi connectivity index (χ0) is 16.6. The van der Waals surface area contributed by atoms with Crippen molar-refractivity contribution in [1.82, 2.24) is 9.88 Å². The van der Waals surface area contributed by atoms with Crippen molar-refractivity contribution < 1.29 is 8.42 Å². The van der Waals surface area contributed by atoms with Gasteiger partial charge < -0.3 is 4.98 Å². The fraction of sp³-hybridized carbons (Fsp3) is 0.263. The van der Waals surface area contributed by atoms with Crippen LogP contribution in [-0.4, -0.2) is 42.9 Å². The van der Waals surface area contributed by atoms with E-state index in [0.29, 0.717) is 13.1 Å². The summed E-state index contributed by atoms with van der Waals surface area (Å²) < 4.78 is 23.1. The first-order valence-corrected chi connectivity index (χ1v) is 10.0. The minimum Gasteiger partial charge on any atom is -0.355 e. The molecule has 0 saturated carbocycles. The maximum Gasteiger partial charge on any atom is 0.152 e. The Balaban J connectivity index is 1.55. The first-order valence-electron chi connectivity index (χ1n) is 8.19. The molecule has 1 aliphatic rings. The average Bonchev–Trinajstić information content (AvgIpc) is 3.01. The summed E-state index contributed by atoms with van der Waals surface area (Å²) in [6.45, 7) is 2.06. The molecule has 2 aromatic carbocycles. The third-order valence-electron chi connectivity index (χ3n) is 4.61. The number of nitrogens with zero attached hydrogens (tertiary/aromatic N) is 1. The van der Waals surface area contributed by atoms with Crippen LogP contribution in [0.1, 0.15) is 5.56 Å². The van der Waals surface area contributed by atoms with E-state index in [1.807, 2.05) is 18.2 Å². The van der Waals surface area contributed by atoms with Crippen LogP contribution >= 0.6 is 0 Å². The molecule has 0 atom stereocenters. The van der Waals surface area contributed by atoms with E-state index in [-0.39, 0.29) is 11.5 Å². The summed E-state index contributed by atoms with van der Waals surface area (Å²) in [5, 5.41) is 1.19. The number of fused-ring (bicyclic) bond motifs is 1. The molecular formula is C19H20N2O2S. The third kappa shape index (κ3) is 3.23. The van der Waals surface area contributed by atoms with E-state index in [9.17, 15) is 8.42 Å². The highest BCUT2D eigenvalue weighted by molar-refractivity contribution is 7.91. The molecule has 0 spiro atoms. The maximum absolute atomic E-state index is 11.5. The molecule has 5 heteroatoms. The van der Waals surface area contributed by atoms with Crippen molar-refractivity contribution in [3.05, 3.63) is 60.2 Å². The number of hydrogen-bond donors (Lipinski definition) is 1. The lowest BCUT2D eigenvalue weighted by molar-refractivity contribution is 0.288. The van der Waals surface area contributed by atoms with Crippen molar-refractivity contribution in [3.63, 3.8) is 0 Å². The highest BCUT2D eigenvalue weighted by Gasteiger charge is 2.21. The van der Waals surface area contributed by atoms with Crippen LogP contribution in [0, 0.1) is 0 Å². The maximum atomic E-state index is 11.5. The summed E-state index contributed by atoms with van der Waals surface area (Å²) >= 11 is 0. The zero-order valence-electron chi connectivity index (χ0n) is 13.4. The summed E-state index contributed by atoms with van der Waals surface area (Å²) in [7, 11) is -2.82. The van der Waals surface area contributed by atoms with Crippen molar-refractivity contribution in [3.8, 4) is 11.3 Å². The quantitative estimate of drug-likeness (QED) is 0.797. The lowest BCUT2D eigenvalue weighted by atomic mass is 10.1. The van der Waals surface area contributed by atoms with Crippen LogP contribution in [0.25, 0.3) is 22.2 Å². The molecule has 0 radical (unpaired) electrons. The number of rotatable bonds is 3. The fourth-order valence-electron chi connectivity index (χ4n) is 3.22. The topological polar surface area (TPSA) is 53.2 Å². The Morgan fingerprint density at radius 3 is 2.46 bits per heavy atom. The molecule has 1 saturated heterocycles. The van der Waals surface area contributed by atoms with Crippen LogP contribution in [0.15, 0.2) is 54.6 Å². The van der Waals surface area contributed by atoms with Gasteiger partial charge in [0.2, 0.25) is 0 Å². The summed E-state index contributed by atoms with van der Waals surface area (Å²) in [5.41, 5.74) is 4.64. The fourth-order valence-corrected chi connectivity index (χ4v) is 4.50. The molecule has 1 aliphatic heterocycles. The van der Waals surface area contributed by atoms with E-state index in [2.05, 4.69) is 46.3 Å². The molecule has 0 amide bonds. The molecule has 0 unspecified atom stereocenters.